The molecular weight excluding hydrogens is 248 g/mol. The van der Waals surface area contributed by atoms with Crippen molar-refractivity contribution in [2.24, 2.45) is 10.7 Å². The molecule has 1 aromatic heterocycles. The summed E-state index contributed by atoms with van der Waals surface area (Å²) in [7, 11) is 0. The van der Waals surface area contributed by atoms with Crippen LogP contribution in [0.5, 0.6) is 0 Å². The van der Waals surface area contributed by atoms with Gasteiger partial charge in [0.05, 0.1) is 23.4 Å². The molecule has 1 aromatic rings. The van der Waals surface area contributed by atoms with E-state index in [0.29, 0.717) is 12.5 Å². The van der Waals surface area contributed by atoms with E-state index < -0.39 is 0 Å². The number of aryl methyl sites for hydroxylation is 1. The summed E-state index contributed by atoms with van der Waals surface area (Å²) in [6, 6.07) is 0. The van der Waals surface area contributed by atoms with Gasteiger partial charge in [0.15, 0.2) is 5.96 Å². The van der Waals surface area contributed by atoms with Gasteiger partial charge < -0.3 is 15.8 Å². The number of aliphatic imine (C=N–C) groups is 1. The standard InChI is InChI=1S/C12H20N4OS/c1-9-16-10(8-18-9)4-5-14-12(13)15-7-11-3-2-6-17-11/h8,11H,2-7H2,1H3,(H3,13,14,15). The molecule has 0 aromatic carbocycles. The number of nitrogens with zero attached hydrogens (tertiary/aromatic N) is 2. The predicted molar refractivity (Wildman–Crippen MR) is 74.0 cm³/mol. The fraction of sp³-hybridized carbons (Fsp3) is 0.667. The second kappa shape index (κ2) is 6.70. The van der Waals surface area contributed by atoms with E-state index in [1.807, 2.05) is 6.92 Å². The molecule has 1 unspecified atom stereocenters. The van der Waals surface area contributed by atoms with Crippen LogP contribution in [-0.4, -0.2) is 36.7 Å². The minimum absolute atomic E-state index is 0.256. The van der Waals surface area contributed by atoms with E-state index in [4.69, 9.17) is 10.5 Å². The van der Waals surface area contributed by atoms with Crippen LogP contribution >= 0.6 is 11.3 Å². The number of guanidine groups is 1. The summed E-state index contributed by atoms with van der Waals surface area (Å²) >= 11 is 1.67. The van der Waals surface area contributed by atoms with E-state index >= 15 is 0 Å². The largest absolute Gasteiger partial charge is 0.376 e. The molecule has 1 aliphatic heterocycles. The highest BCUT2D eigenvalue weighted by Gasteiger charge is 2.14. The van der Waals surface area contributed by atoms with Crippen LogP contribution in [0.25, 0.3) is 0 Å². The molecule has 6 heteroatoms. The molecule has 0 bridgehead atoms. The topological polar surface area (TPSA) is 72.5 Å². The van der Waals surface area contributed by atoms with Gasteiger partial charge in [-0.3, -0.25) is 4.99 Å². The highest BCUT2D eigenvalue weighted by atomic mass is 32.1. The number of hydrogen-bond donors (Lipinski definition) is 2. The molecule has 5 nitrogen and oxygen atoms in total. The third kappa shape index (κ3) is 4.27. The first-order valence-corrected chi connectivity index (χ1v) is 7.18. The third-order valence-corrected chi connectivity index (χ3v) is 3.67. The summed E-state index contributed by atoms with van der Waals surface area (Å²) in [6.45, 7) is 4.30. The van der Waals surface area contributed by atoms with Gasteiger partial charge in [0, 0.05) is 25.0 Å². The Balaban J connectivity index is 1.64. The number of nitrogens with one attached hydrogen (secondary N) is 1. The normalized spacial score (nSPS) is 20.3. The minimum atomic E-state index is 0.256. The van der Waals surface area contributed by atoms with Gasteiger partial charge in [0.2, 0.25) is 0 Å². The first-order valence-electron chi connectivity index (χ1n) is 6.30. The zero-order chi connectivity index (χ0) is 12.8. The van der Waals surface area contributed by atoms with Gasteiger partial charge in [0.25, 0.3) is 0 Å². The number of aromatic nitrogens is 1. The van der Waals surface area contributed by atoms with Gasteiger partial charge in [-0.1, -0.05) is 0 Å². The number of rotatable bonds is 5. The molecule has 2 rings (SSSR count). The van der Waals surface area contributed by atoms with Gasteiger partial charge in [-0.15, -0.1) is 11.3 Å². The smallest absolute Gasteiger partial charge is 0.188 e. The number of ether oxygens (including phenoxy) is 1. The van der Waals surface area contributed by atoms with Crippen molar-refractivity contribution in [3.8, 4) is 0 Å². The lowest BCUT2D eigenvalue weighted by Crippen LogP contribution is -2.34. The summed E-state index contributed by atoms with van der Waals surface area (Å²) in [6.07, 6.45) is 3.36. The van der Waals surface area contributed by atoms with Crippen LogP contribution in [0.3, 0.4) is 0 Å². The maximum absolute atomic E-state index is 5.79. The highest BCUT2D eigenvalue weighted by molar-refractivity contribution is 7.09. The fourth-order valence-corrected chi connectivity index (χ4v) is 2.53. The maximum atomic E-state index is 5.79. The Bertz CT molecular complexity index is 399. The Hall–Kier alpha value is -1.14. The third-order valence-electron chi connectivity index (χ3n) is 2.84. The first-order chi connectivity index (χ1) is 8.74. The Kier molecular flexibility index (Phi) is 4.95. The van der Waals surface area contributed by atoms with E-state index in [1.54, 1.807) is 11.3 Å². The summed E-state index contributed by atoms with van der Waals surface area (Å²) in [4.78, 5) is 8.68. The Labute approximate surface area is 111 Å². The van der Waals surface area contributed by atoms with Gasteiger partial charge in [-0.05, 0) is 19.8 Å². The molecule has 1 fully saturated rings. The van der Waals surface area contributed by atoms with Crippen molar-refractivity contribution in [1.82, 2.24) is 10.3 Å². The average molecular weight is 268 g/mol. The molecule has 100 valence electrons. The lowest BCUT2D eigenvalue weighted by Gasteiger charge is -2.07. The van der Waals surface area contributed by atoms with Crippen molar-refractivity contribution in [2.45, 2.75) is 32.3 Å². The zero-order valence-corrected chi connectivity index (χ0v) is 11.5. The van der Waals surface area contributed by atoms with E-state index in [9.17, 15) is 0 Å². The van der Waals surface area contributed by atoms with Gasteiger partial charge in [-0.25, -0.2) is 4.98 Å². The van der Waals surface area contributed by atoms with Crippen LogP contribution < -0.4 is 11.1 Å². The lowest BCUT2D eigenvalue weighted by molar-refractivity contribution is 0.118. The fourth-order valence-electron chi connectivity index (χ4n) is 1.89. The SMILES string of the molecule is Cc1nc(CCNC(N)=NCC2CCCO2)cs1. The molecular formula is C12H20N4OS. The molecule has 18 heavy (non-hydrogen) atoms. The van der Waals surface area contributed by atoms with Crippen molar-refractivity contribution in [2.75, 3.05) is 19.7 Å². The molecule has 0 saturated carbocycles. The monoisotopic (exact) mass is 268 g/mol. The summed E-state index contributed by atoms with van der Waals surface area (Å²) in [5.74, 6) is 0.498. The molecule has 3 N–H and O–H groups in total. The molecule has 0 spiro atoms. The van der Waals surface area contributed by atoms with E-state index in [2.05, 4.69) is 20.7 Å². The number of thiazole rings is 1. The van der Waals surface area contributed by atoms with Gasteiger partial charge >= 0.3 is 0 Å². The molecule has 2 heterocycles. The highest BCUT2D eigenvalue weighted by Crippen LogP contribution is 2.11. The van der Waals surface area contributed by atoms with E-state index in [0.717, 1.165) is 43.1 Å². The van der Waals surface area contributed by atoms with Gasteiger partial charge in [0.1, 0.15) is 0 Å². The number of hydrogen-bond acceptors (Lipinski definition) is 4. The summed E-state index contributed by atoms with van der Waals surface area (Å²) in [5.41, 5.74) is 6.89. The molecule has 1 aliphatic rings. The van der Waals surface area contributed by atoms with Crippen molar-refractivity contribution >= 4 is 17.3 Å². The second-order valence-corrected chi connectivity index (χ2v) is 5.46. The van der Waals surface area contributed by atoms with Crippen LogP contribution in [0.1, 0.15) is 23.5 Å². The van der Waals surface area contributed by atoms with E-state index in [1.165, 1.54) is 0 Å². The summed E-state index contributed by atoms with van der Waals surface area (Å²) < 4.78 is 5.48. The Morgan fingerprint density at radius 2 is 2.61 bits per heavy atom. The minimum Gasteiger partial charge on any atom is -0.376 e. The van der Waals surface area contributed by atoms with E-state index in [-0.39, 0.29) is 6.10 Å². The second-order valence-electron chi connectivity index (χ2n) is 4.40. The van der Waals surface area contributed by atoms with Crippen LogP contribution in [0.15, 0.2) is 10.4 Å². The maximum Gasteiger partial charge on any atom is 0.188 e. The zero-order valence-electron chi connectivity index (χ0n) is 10.7. The van der Waals surface area contributed by atoms with Crippen molar-refractivity contribution in [3.05, 3.63) is 16.1 Å². The molecule has 1 saturated heterocycles. The van der Waals surface area contributed by atoms with Gasteiger partial charge in [-0.2, -0.15) is 0 Å². The van der Waals surface area contributed by atoms with Crippen LogP contribution in [0, 0.1) is 6.92 Å². The Morgan fingerprint density at radius 1 is 1.72 bits per heavy atom. The lowest BCUT2D eigenvalue weighted by atomic mass is 10.2. The van der Waals surface area contributed by atoms with Crippen LogP contribution in [0.2, 0.25) is 0 Å². The molecule has 0 amide bonds. The van der Waals surface area contributed by atoms with Crippen LogP contribution in [0.4, 0.5) is 0 Å². The first kappa shape index (κ1) is 13.3. The van der Waals surface area contributed by atoms with Crippen LogP contribution in [-0.2, 0) is 11.2 Å². The quantitative estimate of drug-likeness (QED) is 0.619. The molecule has 0 radical (unpaired) electrons. The van der Waals surface area contributed by atoms with Crippen molar-refractivity contribution in [1.29, 1.82) is 0 Å². The van der Waals surface area contributed by atoms with Crippen molar-refractivity contribution in [3.63, 3.8) is 0 Å². The van der Waals surface area contributed by atoms with Crippen molar-refractivity contribution < 1.29 is 4.74 Å². The average Bonchev–Trinajstić information content (AvgIpc) is 2.98. The summed E-state index contributed by atoms with van der Waals surface area (Å²) in [5, 5.41) is 6.28. The number of nitrogens with two attached hydrogens (primary N) is 1. The molecule has 1 atom stereocenters. The Morgan fingerprint density at radius 3 is 3.28 bits per heavy atom. The predicted octanol–water partition coefficient (Wildman–Crippen LogP) is 1.08. The molecule has 0 aliphatic carbocycles.